The maximum absolute atomic E-state index is 10.5. The molecule has 0 unspecified atom stereocenters. The summed E-state index contributed by atoms with van der Waals surface area (Å²) in [5, 5.41) is 0. The second-order valence-corrected chi connectivity index (χ2v) is 3.66. The normalized spacial score (nSPS) is 23.4. The van der Waals surface area contributed by atoms with Gasteiger partial charge in [-0.05, 0) is 0 Å². The van der Waals surface area contributed by atoms with E-state index in [1.807, 2.05) is 0 Å². The Morgan fingerprint density at radius 2 is 1.86 bits per heavy atom. The molecular formula is C4H5NOS. The molecule has 1 N–H and O–H groups in total. The molecule has 38 valence electrons. The molecule has 0 saturated heterocycles. The third-order valence-electron chi connectivity index (χ3n) is 0.736. The largest absolute Gasteiger partial charge is 0.251 e. The summed E-state index contributed by atoms with van der Waals surface area (Å²) >= 11 is 0. The quantitative estimate of drug-likeness (QED) is 0.445. The number of hydrogen-bond donors (Lipinski definition) is 1. The molecule has 0 atom stereocenters. The smallest absolute Gasteiger partial charge is 0.0937 e. The predicted molar refractivity (Wildman–Crippen MR) is 28.4 cm³/mol. The molecule has 1 heterocycles. The highest BCUT2D eigenvalue weighted by atomic mass is 32.2. The molecule has 1 rings (SSSR count). The highest BCUT2D eigenvalue weighted by molar-refractivity contribution is 7.93. The second-order valence-electron chi connectivity index (χ2n) is 1.45. The molecule has 0 radical (unpaired) electrons. The zero-order valence-corrected chi connectivity index (χ0v) is 4.55. The fraction of sp³-hybridized carbons (Fsp3) is 0.500. The van der Waals surface area contributed by atoms with Gasteiger partial charge in [0, 0.05) is 0 Å². The highest BCUT2D eigenvalue weighted by Crippen LogP contribution is 1.93. The van der Waals surface area contributed by atoms with Crippen LogP contribution in [0.3, 0.4) is 0 Å². The first kappa shape index (κ1) is 4.66. The monoisotopic (exact) mass is 115 g/mol. The van der Waals surface area contributed by atoms with E-state index in [-0.39, 0.29) is 11.5 Å². The third-order valence-corrected chi connectivity index (χ3v) is 1.96. The molecule has 0 amide bonds. The van der Waals surface area contributed by atoms with Gasteiger partial charge in [0.1, 0.15) is 0 Å². The van der Waals surface area contributed by atoms with Crippen LogP contribution in [0.5, 0.6) is 0 Å². The lowest BCUT2D eigenvalue weighted by Crippen LogP contribution is -1.98. The van der Waals surface area contributed by atoms with Crippen LogP contribution in [0.25, 0.3) is 0 Å². The van der Waals surface area contributed by atoms with Gasteiger partial charge in [-0.3, -0.25) is 4.78 Å². The van der Waals surface area contributed by atoms with Gasteiger partial charge in [-0.15, -0.1) is 0 Å². The van der Waals surface area contributed by atoms with Gasteiger partial charge in [0.2, 0.25) is 0 Å². The Balaban J connectivity index is 2.92. The molecule has 2 nitrogen and oxygen atoms in total. The fourth-order valence-electron chi connectivity index (χ4n) is 0.386. The molecule has 1 aliphatic rings. The second kappa shape index (κ2) is 1.24. The van der Waals surface area contributed by atoms with Crippen LogP contribution in [0.4, 0.5) is 0 Å². The molecule has 0 aromatic heterocycles. The van der Waals surface area contributed by atoms with Crippen molar-refractivity contribution in [3.63, 3.8) is 0 Å². The first-order chi connectivity index (χ1) is 3.21. The average Bonchev–Trinajstić information content (AvgIpc) is 1.84. The first-order valence-corrected chi connectivity index (χ1v) is 3.80. The van der Waals surface area contributed by atoms with Crippen molar-refractivity contribution in [1.82, 2.24) is 0 Å². The first-order valence-electron chi connectivity index (χ1n) is 1.91. The summed E-state index contributed by atoms with van der Waals surface area (Å²) < 4.78 is 17.4. The van der Waals surface area contributed by atoms with E-state index in [4.69, 9.17) is 4.78 Å². The Hall–Kier alpha value is -0.490. The number of nitrogens with one attached hydrogen (secondary N) is 1. The van der Waals surface area contributed by atoms with E-state index < -0.39 is 9.73 Å². The van der Waals surface area contributed by atoms with E-state index in [1.54, 1.807) is 0 Å². The van der Waals surface area contributed by atoms with Crippen LogP contribution in [0.1, 0.15) is 0 Å². The zero-order valence-electron chi connectivity index (χ0n) is 3.73. The molecule has 0 aromatic carbocycles. The van der Waals surface area contributed by atoms with Crippen LogP contribution in [0.15, 0.2) is 0 Å². The Morgan fingerprint density at radius 3 is 2.00 bits per heavy atom. The van der Waals surface area contributed by atoms with E-state index >= 15 is 0 Å². The van der Waals surface area contributed by atoms with Crippen molar-refractivity contribution in [2.24, 2.45) is 0 Å². The molecular weight excluding hydrogens is 110 g/mol. The van der Waals surface area contributed by atoms with Crippen LogP contribution in [0, 0.1) is 16.6 Å². The maximum atomic E-state index is 10.5. The van der Waals surface area contributed by atoms with Crippen molar-refractivity contribution < 1.29 is 4.21 Å². The van der Waals surface area contributed by atoms with Crippen LogP contribution in [0.2, 0.25) is 0 Å². The lowest BCUT2D eigenvalue weighted by Gasteiger charge is -1.86. The number of rotatable bonds is 0. The van der Waals surface area contributed by atoms with E-state index in [1.165, 1.54) is 0 Å². The minimum absolute atomic E-state index is 0.285. The van der Waals surface area contributed by atoms with Crippen molar-refractivity contribution in [3.8, 4) is 11.8 Å². The molecule has 3 heteroatoms. The average molecular weight is 115 g/mol. The Bertz CT molecular complexity index is 200. The van der Waals surface area contributed by atoms with Gasteiger partial charge in [0.25, 0.3) is 0 Å². The molecule has 0 aromatic rings. The molecule has 0 saturated carbocycles. The lowest BCUT2D eigenvalue weighted by atomic mass is 10.7. The number of hydrogen-bond acceptors (Lipinski definition) is 2. The summed E-state index contributed by atoms with van der Waals surface area (Å²) in [6, 6.07) is 0. The Morgan fingerprint density at radius 1 is 1.43 bits per heavy atom. The van der Waals surface area contributed by atoms with Gasteiger partial charge in [-0.2, -0.15) is 0 Å². The van der Waals surface area contributed by atoms with Crippen molar-refractivity contribution in [1.29, 1.82) is 4.78 Å². The van der Waals surface area contributed by atoms with Crippen molar-refractivity contribution in [2.45, 2.75) is 0 Å². The van der Waals surface area contributed by atoms with Gasteiger partial charge in [-0.25, -0.2) is 4.21 Å². The van der Waals surface area contributed by atoms with Crippen molar-refractivity contribution >= 4 is 9.73 Å². The van der Waals surface area contributed by atoms with Crippen molar-refractivity contribution in [2.75, 3.05) is 11.5 Å². The van der Waals surface area contributed by atoms with Gasteiger partial charge >= 0.3 is 0 Å². The van der Waals surface area contributed by atoms with Crippen LogP contribution >= 0.6 is 0 Å². The van der Waals surface area contributed by atoms with E-state index in [0.29, 0.717) is 0 Å². The summed E-state index contributed by atoms with van der Waals surface area (Å²) in [7, 11) is -2.27. The maximum Gasteiger partial charge on any atom is 0.0937 e. The highest BCUT2D eigenvalue weighted by Gasteiger charge is 2.04. The molecule has 7 heavy (non-hydrogen) atoms. The molecule has 0 fully saturated rings. The topological polar surface area (TPSA) is 40.9 Å². The van der Waals surface area contributed by atoms with Gasteiger partial charge in [0.05, 0.1) is 21.2 Å². The fourth-order valence-corrected chi connectivity index (χ4v) is 1.16. The van der Waals surface area contributed by atoms with Crippen LogP contribution in [-0.2, 0) is 9.73 Å². The summed E-state index contributed by atoms with van der Waals surface area (Å²) in [6.07, 6.45) is 0. The van der Waals surface area contributed by atoms with Gasteiger partial charge in [-0.1, -0.05) is 11.8 Å². The third kappa shape index (κ3) is 0.937. The molecule has 0 aliphatic carbocycles. The zero-order chi connectivity index (χ0) is 5.33. The van der Waals surface area contributed by atoms with Crippen molar-refractivity contribution in [3.05, 3.63) is 0 Å². The lowest BCUT2D eigenvalue weighted by molar-refractivity contribution is 0.680. The van der Waals surface area contributed by atoms with Crippen LogP contribution in [-0.4, -0.2) is 15.7 Å². The summed E-state index contributed by atoms with van der Waals surface area (Å²) in [4.78, 5) is 0. The minimum atomic E-state index is -2.27. The Kier molecular flexibility index (Phi) is 0.826. The molecule has 1 aliphatic heterocycles. The van der Waals surface area contributed by atoms with Crippen LogP contribution < -0.4 is 0 Å². The van der Waals surface area contributed by atoms with E-state index in [0.717, 1.165) is 0 Å². The molecule has 0 spiro atoms. The summed E-state index contributed by atoms with van der Waals surface area (Å²) in [5.41, 5.74) is 0. The molecule has 0 bridgehead atoms. The van der Waals surface area contributed by atoms with Gasteiger partial charge in [0.15, 0.2) is 0 Å². The van der Waals surface area contributed by atoms with E-state index in [2.05, 4.69) is 11.8 Å². The Labute approximate surface area is 42.9 Å². The SMILES string of the molecule is N=S1(=O)CC#CC1. The standard InChI is InChI=1S/C4H5NOS/c5-7(6)3-1-2-4-7/h5H,3-4H2. The van der Waals surface area contributed by atoms with Gasteiger partial charge < -0.3 is 0 Å². The van der Waals surface area contributed by atoms with E-state index in [9.17, 15) is 4.21 Å². The minimum Gasteiger partial charge on any atom is -0.251 e. The summed E-state index contributed by atoms with van der Waals surface area (Å²) in [5.74, 6) is 5.77. The summed E-state index contributed by atoms with van der Waals surface area (Å²) in [6.45, 7) is 0. The predicted octanol–water partition coefficient (Wildman–Crippen LogP) is 0.0502.